The molecule has 1 unspecified atom stereocenters. The summed E-state index contributed by atoms with van der Waals surface area (Å²) in [5.74, 6) is -0.126. The van der Waals surface area contributed by atoms with Crippen LogP contribution in [0.2, 0.25) is 0 Å². The van der Waals surface area contributed by atoms with Gasteiger partial charge < -0.3 is 15.5 Å². The van der Waals surface area contributed by atoms with Gasteiger partial charge in [-0.2, -0.15) is 0 Å². The third kappa shape index (κ3) is 4.05. The van der Waals surface area contributed by atoms with Crippen molar-refractivity contribution in [3.05, 3.63) is 65.5 Å². The highest BCUT2D eigenvalue weighted by Gasteiger charge is 2.07. The van der Waals surface area contributed by atoms with E-state index in [0.29, 0.717) is 18.7 Å². The summed E-state index contributed by atoms with van der Waals surface area (Å²) in [5.41, 5.74) is 1.56. The van der Waals surface area contributed by atoms with Gasteiger partial charge in [-0.25, -0.2) is 4.39 Å². The van der Waals surface area contributed by atoms with Crippen molar-refractivity contribution in [2.45, 2.75) is 12.6 Å². The van der Waals surface area contributed by atoms with E-state index in [2.05, 4.69) is 5.32 Å². The number of hydrogen-bond donors (Lipinski definition) is 3. The molecular weight excluding hydrogens is 245 g/mol. The minimum atomic E-state index is -0.743. The van der Waals surface area contributed by atoms with Crippen LogP contribution in [0, 0.1) is 5.82 Å². The Balaban J connectivity index is 1.84. The zero-order valence-electron chi connectivity index (χ0n) is 10.4. The van der Waals surface area contributed by atoms with Crippen molar-refractivity contribution < 1.29 is 14.6 Å². The number of hydrogen-bond acceptors (Lipinski definition) is 3. The molecule has 0 amide bonds. The van der Waals surface area contributed by atoms with Crippen molar-refractivity contribution in [3.8, 4) is 5.75 Å². The van der Waals surface area contributed by atoms with Crippen LogP contribution in [-0.4, -0.2) is 16.8 Å². The summed E-state index contributed by atoms with van der Waals surface area (Å²) in [7, 11) is 0. The normalized spacial score (nSPS) is 12.3. The molecule has 1 atom stereocenters. The smallest absolute Gasteiger partial charge is 0.123 e. The van der Waals surface area contributed by atoms with Crippen LogP contribution in [0.1, 0.15) is 17.2 Å². The fourth-order valence-electron chi connectivity index (χ4n) is 1.80. The predicted octanol–water partition coefficient (Wildman–Crippen LogP) is 2.35. The van der Waals surface area contributed by atoms with Crippen molar-refractivity contribution in [3.63, 3.8) is 0 Å². The molecule has 0 aromatic heterocycles. The first kappa shape index (κ1) is 13.5. The van der Waals surface area contributed by atoms with Crippen molar-refractivity contribution in [1.29, 1.82) is 0 Å². The maximum atomic E-state index is 13.0. The minimum absolute atomic E-state index is 0.226. The van der Waals surface area contributed by atoms with E-state index >= 15 is 0 Å². The number of phenols is 1. The second kappa shape index (κ2) is 6.31. The molecule has 0 radical (unpaired) electrons. The van der Waals surface area contributed by atoms with Gasteiger partial charge in [0.2, 0.25) is 0 Å². The summed E-state index contributed by atoms with van der Waals surface area (Å²) in [4.78, 5) is 0. The predicted molar refractivity (Wildman–Crippen MR) is 71.2 cm³/mol. The van der Waals surface area contributed by atoms with E-state index in [9.17, 15) is 9.50 Å². The number of aliphatic hydroxyl groups is 1. The minimum Gasteiger partial charge on any atom is -0.508 e. The quantitative estimate of drug-likeness (QED) is 0.774. The fraction of sp³-hybridized carbons (Fsp3) is 0.200. The maximum absolute atomic E-state index is 13.0. The summed E-state index contributed by atoms with van der Waals surface area (Å²) < 4.78 is 13.0. The van der Waals surface area contributed by atoms with Gasteiger partial charge in [-0.1, -0.05) is 24.3 Å². The van der Waals surface area contributed by atoms with Crippen LogP contribution in [0.25, 0.3) is 0 Å². The van der Waals surface area contributed by atoms with E-state index in [1.54, 1.807) is 36.4 Å². The van der Waals surface area contributed by atoms with E-state index in [4.69, 9.17) is 5.11 Å². The number of nitrogens with one attached hydrogen (secondary N) is 1. The van der Waals surface area contributed by atoms with Gasteiger partial charge in [-0.05, 0) is 35.4 Å². The Bertz CT molecular complexity index is 528. The molecule has 100 valence electrons. The van der Waals surface area contributed by atoms with Gasteiger partial charge in [0.25, 0.3) is 0 Å². The lowest BCUT2D eigenvalue weighted by molar-refractivity contribution is 0.174. The molecule has 19 heavy (non-hydrogen) atoms. The monoisotopic (exact) mass is 261 g/mol. The molecule has 3 nitrogen and oxygen atoms in total. The molecule has 0 saturated heterocycles. The van der Waals surface area contributed by atoms with Gasteiger partial charge in [-0.15, -0.1) is 0 Å². The summed E-state index contributed by atoms with van der Waals surface area (Å²) in [5, 5.41) is 22.1. The lowest BCUT2D eigenvalue weighted by atomic mass is 10.1. The standard InChI is InChI=1S/C15H16FNO2/c16-13-3-1-2-12(8-13)15(19)10-17-9-11-4-6-14(18)7-5-11/h1-8,15,17-19H,9-10H2. The molecule has 0 heterocycles. The van der Waals surface area contributed by atoms with E-state index < -0.39 is 6.10 Å². The second-order valence-electron chi connectivity index (χ2n) is 4.37. The average molecular weight is 261 g/mol. The summed E-state index contributed by atoms with van der Waals surface area (Å²) in [6, 6.07) is 12.8. The molecule has 2 aromatic rings. The zero-order valence-corrected chi connectivity index (χ0v) is 10.4. The zero-order chi connectivity index (χ0) is 13.7. The molecule has 0 spiro atoms. The van der Waals surface area contributed by atoms with Crippen LogP contribution in [0.15, 0.2) is 48.5 Å². The Hall–Kier alpha value is -1.91. The number of aromatic hydroxyl groups is 1. The first-order valence-electron chi connectivity index (χ1n) is 6.07. The Morgan fingerprint density at radius 3 is 2.53 bits per heavy atom. The van der Waals surface area contributed by atoms with Crippen molar-refractivity contribution >= 4 is 0 Å². The largest absolute Gasteiger partial charge is 0.508 e. The highest BCUT2D eigenvalue weighted by molar-refractivity contribution is 5.25. The van der Waals surface area contributed by atoms with Crippen molar-refractivity contribution in [1.82, 2.24) is 5.32 Å². The molecule has 0 fully saturated rings. The molecule has 2 rings (SSSR count). The van der Waals surface area contributed by atoms with Crippen molar-refractivity contribution in [2.24, 2.45) is 0 Å². The Labute approximate surface area is 111 Å². The van der Waals surface area contributed by atoms with E-state index in [-0.39, 0.29) is 11.6 Å². The number of rotatable bonds is 5. The van der Waals surface area contributed by atoms with Gasteiger partial charge in [-0.3, -0.25) is 0 Å². The second-order valence-corrected chi connectivity index (χ2v) is 4.37. The third-order valence-electron chi connectivity index (χ3n) is 2.84. The van der Waals surface area contributed by atoms with Crippen LogP contribution in [-0.2, 0) is 6.54 Å². The molecule has 0 saturated carbocycles. The lowest BCUT2D eigenvalue weighted by Crippen LogP contribution is -2.21. The van der Waals surface area contributed by atoms with Crippen molar-refractivity contribution in [2.75, 3.05) is 6.54 Å². The first-order chi connectivity index (χ1) is 9.15. The van der Waals surface area contributed by atoms with Crippen LogP contribution in [0.4, 0.5) is 4.39 Å². The summed E-state index contributed by atoms with van der Waals surface area (Å²) in [6.45, 7) is 0.914. The molecule has 0 bridgehead atoms. The van der Waals surface area contributed by atoms with Crippen LogP contribution >= 0.6 is 0 Å². The number of benzene rings is 2. The Morgan fingerprint density at radius 2 is 1.84 bits per heavy atom. The number of aliphatic hydroxyl groups excluding tert-OH is 1. The Morgan fingerprint density at radius 1 is 1.11 bits per heavy atom. The maximum Gasteiger partial charge on any atom is 0.123 e. The lowest BCUT2D eigenvalue weighted by Gasteiger charge is -2.12. The van der Waals surface area contributed by atoms with Gasteiger partial charge in [0, 0.05) is 13.1 Å². The number of halogens is 1. The SMILES string of the molecule is Oc1ccc(CNCC(O)c2cccc(F)c2)cc1. The molecule has 0 aliphatic carbocycles. The van der Waals surface area contributed by atoms with Gasteiger partial charge in [0.05, 0.1) is 6.10 Å². The van der Waals surface area contributed by atoms with Crippen LogP contribution < -0.4 is 5.32 Å². The molecule has 2 aromatic carbocycles. The van der Waals surface area contributed by atoms with Gasteiger partial charge in [0.15, 0.2) is 0 Å². The molecular formula is C15H16FNO2. The van der Waals surface area contributed by atoms with E-state index in [1.165, 1.54) is 12.1 Å². The molecule has 3 N–H and O–H groups in total. The van der Waals surface area contributed by atoms with Gasteiger partial charge in [0.1, 0.15) is 11.6 Å². The van der Waals surface area contributed by atoms with Crippen LogP contribution in [0.3, 0.4) is 0 Å². The topological polar surface area (TPSA) is 52.5 Å². The molecule has 4 heteroatoms. The number of phenolic OH excluding ortho intramolecular Hbond substituents is 1. The highest BCUT2D eigenvalue weighted by Crippen LogP contribution is 2.13. The van der Waals surface area contributed by atoms with Crippen LogP contribution in [0.5, 0.6) is 5.75 Å². The molecule has 0 aliphatic heterocycles. The summed E-state index contributed by atoms with van der Waals surface area (Å²) in [6.07, 6.45) is -0.743. The average Bonchev–Trinajstić information content (AvgIpc) is 2.41. The Kier molecular flexibility index (Phi) is 4.49. The highest BCUT2D eigenvalue weighted by atomic mass is 19.1. The van der Waals surface area contributed by atoms with E-state index in [0.717, 1.165) is 5.56 Å². The fourth-order valence-corrected chi connectivity index (χ4v) is 1.80. The van der Waals surface area contributed by atoms with Gasteiger partial charge >= 0.3 is 0 Å². The summed E-state index contributed by atoms with van der Waals surface area (Å²) >= 11 is 0. The first-order valence-corrected chi connectivity index (χ1v) is 6.07. The molecule has 0 aliphatic rings. The third-order valence-corrected chi connectivity index (χ3v) is 2.84. The van der Waals surface area contributed by atoms with E-state index in [1.807, 2.05) is 0 Å².